The zero-order valence-electron chi connectivity index (χ0n) is 11.2. The maximum absolute atomic E-state index is 11.6. The summed E-state index contributed by atoms with van der Waals surface area (Å²) in [7, 11) is 0. The highest BCUT2D eigenvalue weighted by molar-refractivity contribution is 5.92. The van der Waals surface area contributed by atoms with E-state index in [-0.39, 0.29) is 18.4 Å². The van der Waals surface area contributed by atoms with Crippen molar-refractivity contribution in [3.63, 3.8) is 0 Å². The van der Waals surface area contributed by atoms with Crippen molar-refractivity contribution in [3.05, 3.63) is 29.8 Å². The fourth-order valence-corrected chi connectivity index (χ4v) is 1.41. The van der Waals surface area contributed by atoms with Crippen molar-refractivity contribution in [2.24, 2.45) is 5.92 Å². The minimum absolute atomic E-state index is 0.102. The quantitative estimate of drug-likeness (QED) is 0.717. The number of hydrogen-bond donors (Lipinski definition) is 3. The Kier molecular flexibility index (Phi) is 5.82. The zero-order valence-corrected chi connectivity index (χ0v) is 11.2. The molecule has 0 saturated heterocycles. The van der Waals surface area contributed by atoms with Gasteiger partial charge in [-0.2, -0.15) is 0 Å². The molecule has 18 heavy (non-hydrogen) atoms. The summed E-state index contributed by atoms with van der Waals surface area (Å²) in [6.45, 7) is 6.52. The van der Waals surface area contributed by atoms with E-state index in [0.29, 0.717) is 6.54 Å². The fraction of sp³-hybridized carbons (Fsp3) is 0.500. The highest BCUT2D eigenvalue weighted by Gasteiger charge is 2.09. The number of anilines is 1. The van der Waals surface area contributed by atoms with E-state index in [4.69, 9.17) is 0 Å². The second kappa shape index (κ2) is 7.13. The molecule has 4 heteroatoms. The largest absolute Gasteiger partial charge is 0.392 e. The third-order valence-electron chi connectivity index (χ3n) is 2.74. The zero-order chi connectivity index (χ0) is 13.5. The molecule has 0 aliphatic heterocycles. The molecule has 0 saturated carbocycles. The predicted molar refractivity (Wildman–Crippen MR) is 73.5 cm³/mol. The number of aliphatic hydroxyl groups is 1. The summed E-state index contributed by atoms with van der Waals surface area (Å²) < 4.78 is 0. The van der Waals surface area contributed by atoms with Crippen LogP contribution in [-0.2, 0) is 4.79 Å². The first-order valence-electron chi connectivity index (χ1n) is 6.24. The van der Waals surface area contributed by atoms with Gasteiger partial charge in [-0.25, -0.2) is 0 Å². The van der Waals surface area contributed by atoms with Crippen molar-refractivity contribution in [1.82, 2.24) is 5.32 Å². The smallest absolute Gasteiger partial charge is 0.238 e. The summed E-state index contributed by atoms with van der Waals surface area (Å²) in [6, 6.07) is 7.64. The van der Waals surface area contributed by atoms with Gasteiger partial charge in [-0.1, -0.05) is 31.5 Å². The molecule has 0 aliphatic carbocycles. The fourth-order valence-electron chi connectivity index (χ4n) is 1.41. The molecular formula is C14H22N2O2. The molecule has 0 fully saturated rings. The predicted octanol–water partition coefficient (Wildman–Crippen LogP) is 1.54. The van der Waals surface area contributed by atoms with Crippen molar-refractivity contribution < 1.29 is 9.90 Å². The van der Waals surface area contributed by atoms with Crippen molar-refractivity contribution in [3.8, 4) is 0 Å². The van der Waals surface area contributed by atoms with E-state index in [9.17, 15) is 9.90 Å². The van der Waals surface area contributed by atoms with Gasteiger partial charge in [0, 0.05) is 12.2 Å². The number of amides is 1. The molecule has 1 aromatic carbocycles. The average Bonchev–Trinajstić information content (AvgIpc) is 2.32. The van der Waals surface area contributed by atoms with E-state index < -0.39 is 6.10 Å². The van der Waals surface area contributed by atoms with Gasteiger partial charge in [-0.3, -0.25) is 4.79 Å². The van der Waals surface area contributed by atoms with Crippen LogP contribution in [0.4, 0.5) is 5.69 Å². The Hall–Kier alpha value is -1.39. The van der Waals surface area contributed by atoms with Crippen molar-refractivity contribution in [1.29, 1.82) is 0 Å². The van der Waals surface area contributed by atoms with E-state index in [1.807, 2.05) is 45.0 Å². The molecular weight excluding hydrogens is 228 g/mol. The monoisotopic (exact) mass is 250 g/mol. The normalized spacial score (nSPS) is 12.5. The lowest BCUT2D eigenvalue weighted by atomic mass is 10.1. The van der Waals surface area contributed by atoms with Crippen LogP contribution in [0, 0.1) is 12.8 Å². The standard InChI is InChI=1S/C14H22N2O2/c1-10(2)13(17)8-15-9-14(18)16-12-6-4-11(3)5-7-12/h4-7,10,13,15,17H,8-9H2,1-3H3,(H,16,18). The third-order valence-corrected chi connectivity index (χ3v) is 2.74. The van der Waals surface area contributed by atoms with E-state index in [0.717, 1.165) is 11.3 Å². The van der Waals surface area contributed by atoms with E-state index in [1.54, 1.807) is 0 Å². The van der Waals surface area contributed by atoms with Gasteiger partial charge in [-0.15, -0.1) is 0 Å². The van der Waals surface area contributed by atoms with Crippen LogP contribution in [-0.4, -0.2) is 30.2 Å². The van der Waals surface area contributed by atoms with Gasteiger partial charge >= 0.3 is 0 Å². The van der Waals surface area contributed by atoms with Gasteiger partial charge in [0.25, 0.3) is 0 Å². The van der Waals surface area contributed by atoms with Crippen LogP contribution >= 0.6 is 0 Å². The first kappa shape index (κ1) is 14.7. The number of hydrogen-bond acceptors (Lipinski definition) is 3. The van der Waals surface area contributed by atoms with Crippen LogP contribution in [0.3, 0.4) is 0 Å². The summed E-state index contributed by atoms with van der Waals surface area (Å²) >= 11 is 0. The number of aryl methyl sites for hydroxylation is 1. The molecule has 1 atom stereocenters. The Labute approximate surface area is 108 Å². The molecule has 0 radical (unpaired) electrons. The Morgan fingerprint density at radius 2 is 1.89 bits per heavy atom. The SMILES string of the molecule is Cc1ccc(NC(=O)CNCC(O)C(C)C)cc1. The molecule has 3 N–H and O–H groups in total. The third kappa shape index (κ3) is 5.29. The first-order valence-corrected chi connectivity index (χ1v) is 6.24. The summed E-state index contributed by atoms with van der Waals surface area (Å²) in [5.74, 6) is 0.0902. The van der Waals surface area contributed by atoms with Gasteiger partial charge in [0.15, 0.2) is 0 Å². The van der Waals surface area contributed by atoms with Crippen LogP contribution in [0.15, 0.2) is 24.3 Å². The maximum Gasteiger partial charge on any atom is 0.238 e. The molecule has 0 aliphatic rings. The number of nitrogens with one attached hydrogen (secondary N) is 2. The van der Waals surface area contributed by atoms with Gasteiger partial charge in [-0.05, 0) is 25.0 Å². The number of benzene rings is 1. The lowest BCUT2D eigenvalue weighted by Gasteiger charge is -2.14. The highest BCUT2D eigenvalue weighted by atomic mass is 16.3. The summed E-state index contributed by atoms with van der Waals surface area (Å²) in [6.07, 6.45) is -0.419. The number of carbonyl (C=O) groups is 1. The Balaban J connectivity index is 2.27. The van der Waals surface area contributed by atoms with Gasteiger partial charge < -0.3 is 15.7 Å². The minimum atomic E-state index is -0.419. The van der Waals surface area contributed by atoms with E-state index in [1.165, 1.54) is 0 Å². The average molecular weight is 250 g/mol. The molecule has 0 bridgehead atoms. The molecule has 1 amide bonds. The summed E-state index contributed by atoms with van der Waals surface area (Å²) in [5, 5.41) is 15.3. The molecule has 0 heterocycles. The van der Waals surface area contributed by atoms with Crippen molar-refractivity contribution in [2.75, 3.05) is 18.4 Å². The van der Waals surface area contributed by atoms with Crippen LogP contribution in [0.2, 0.25) is 0 Å². The summed E-state index contributed by atoms with van der Waals surface area (Å²) in [5.41, 5.74) is 1.95. The van der Waals surface area contributed by atoms with Crippen molar-refractivity contribution >= 4 is 11.6 Å². The number of rotatable bonds is 6. The minimum Gasteiger partial charge on any atom is -0.392 e. The molecule has 100 valence electrons. The molecule has 1 unspecified atom stereocenters. The van der Waals surface area contributed by atoms with Gasteiger partial charge in [0.2, 0.25) is 5.91 Å². The maximum atomic E-state index is 11.6. The topological polar surface area (TPSA) is 61.4 Å². The van der Waals surface area contributed by atoms with Crippen LogP contribution in [0.5, 0.6) is 0 Å². The lowest BCUT2D eigenvalue weighted by Crippen LogP contribution is -2.35. The first-order chi connectivity index (χ1) is 8.49. The van der Waals surface area contributed by atoms with Crippen LogP contribution < -0.4 is 10.6 Å². The molecule has 4 nitrogen and oxygen atoms in total. The van der Waals surface area contributed by atoms with E-state index in [2.05, 4.69) is 10.6 Å². The van der Waals surface area contributed by atoms with Crippen LogP contribution in [0.1, 0.15) is 19.4 Å². The molecule has 1 rings (SSSR count). The Morgan fingerprint density at radius 1 is 1.28 bits per heavy atom. The van der Waals surface area contributed by atoms with Gasteiger partial charge in [0.05, 0.1) is 12.6 Å². The summed E-state index contributed by atoms with van der Waals surface area (Å²) in [4.78, 5) is 11.6. The van der Waals surface area contributed by atoms with Gasteiger partial charge in [0.1, 0.15) is 0 Å². The molecule has 0 aromatic heterocycles. The van der Waals surface area contributed by atoms with Crippen molar-refractivity contribution in [2.45, 2.75) is 26.9 Å². The highest BCUT2D eigenvalue weighted by Crippen LogP contribution is 2.07. The van der Waals surface area contributed by atoms with Crippen LogP contribution in [0.25, 0.3) is 0 Å². The number of aliphatic hydroxyl groups excluding tert-OH is 1. The Bertz CT molecular complexity index is 374. The second-order valence-corrected chi connectivity index (χ2v) is 4.86. The molecule has 1 aromatic rings. The Morgan fingerprint density at radius 3 is 2.44 bits per heavy atom. The second-order valence-electron chi connectivity index (χ2n) is 4.86. The molecule has 0 spiro atoms. The number of carbonyl (C=O) groups excluding carboxylic acids is 1. The lowest BCUT2D eigenvalue weighted by molar-refractivity contribution is -0.115. The van der Waals surface area contributed by atoms with E-state index >= 15 is 0 Å².